The Morgan fingerprint density at radius 2 is 1.95 bits per heavy atom. The molecular formula is C17H17BrClFO. The minimum absolute atomic E-state index is 0.278. The lowest BCUT2D eigenvalue weighted by Crippen LogP contribution is -2.10. The van der Waals surface area contributed by atoms with Crippen LogP contribution in [0, 0.1) is 11.7 Å². The van der Waals surface area contributed by atoms with E-state index in [1.54, 1.807) is 12.1 Å². The van der Waals surface area contributed by atoms with Gasteiger partial charge in [-0.15, -0.1) is 0 Å². The van der Waals surface area contributed by atoms with Gasteiger partial charge < -0.3 is 4.74 Å². The number of hydrogen-bond donors (Lipinski definition) is 0. The van der Waals surface area contributed by atoms with Gasteiger partial charge in [-0.05, 0) is 48.1 Å². The van der Waals surface area contributed by atoms with E-state index in [9.17, 15) is 4.39 Å². The second kappa shape index (κ2) is 7.81. The fourth-order valence-electron chi connectivity index (χ4n) is 2.33. The number of ether oxygens (including phenoxy) is 1. The first-order valence-electron chi connectivity index (χ1n) is 6.75. The van der Waals surface area contributed by atoms with Crippen molar-refractivity contribution in [2.75, 3.05) is 12.4 Å². The predicted molar refractivity (Wildman–Crippen MR) is 89.1 cm³/mol. The summed E-state index contributed by atoms with van der Waals surface area (Å²) in [5, 5.41) is 1.62. The molecule has 0 saturated carbocycles. The molecule has 21 heavy (non-hydrogen) atoms. The minimum Gasteiger partial charge on any atom is -0.494 e. The Balaban J connectivity index is 2.09. The fraction of sp³-hybridized carbons (Fsp3) is 0.294. The van der Waals surface area contributed by atoms with E-state index in [1.165, 1.54) is 7.11 Å². The standard InChI is InChI=1S/C17H17BrClFO/c1-21-17-7-6-12(10-16(17)20)8-13(11-18)9-14-4-2-3-5-15(14)19/h2-7,10,13H,8-9,11H2,1H3. The number of alkyl halides is 1. The highest BCUT2D eigenvalue weighted by atomic mass is 79.9. The van der Waals surface area contributed by atoms with Crippen molar-refractivity contribution >= 4 is 27.5 Å². The summed E-state index contributed by atoms with van der Waals surface area (Å²) in [6.45, 7) is 0. The Hall–Kier alpha value is -1.06. The molecule has 0 N–H and O–H groups in total. The maximum absolute atomic E-state index is 13.7. The summed E-state index contributed by atoms with van der Waals surface area (Å²) in [6.07, 6.45) is 1.65. The van der Waals surface area contributed by atoms with Crippen LogP contribution in [0.1, 0.15) is 11.1 Å². The Kier molecular flexibility index (Phi) is 6.07. The molecule has 0 aliphatic heterocycles. The average molecular weight is 372 g/mol. The zero-order valence-corrected chi connectivity index (χ0v) is 14.1. The fourth-order valence-corrected chi connectivity index (χ4v) is 3.00. The molecule has 0 aliphatic rings. The van der Waals surface area contributed by atoms with Gasteiger partial charge in [0.25, 0.3) is 0 Å². The van der Waals surface area contributed by atoms with Crippen molar-refractivity contribution in [2.45, 2.75) is 12.8 Å². The summed E-state index contributed by atoms with van der Waals surface area (Å²) in [7, 11) is 1.47. The number of hydrogen-bond acceptors (Lipinski definition) is 1. The van der Waals surface area contributed by atoms with Crippen molar-refractivity contribution in [1.82, 2.24) is 0 Å². The SMILES string of the molecule is COc1ccc(CC(CBr)Cc2ccccc2Cl)cc1F. The zero-order valence-electron chi connectivity index (χ0n) is 11.8. The lowest BCUT2D eigenvalue weighted by Gasteiger charge is -2.15. The molecule has 2 rings (SSSR count). The van der Waals surface area contributed by atoms with Crippen LogP contribution in [0.5, 0.6) is 5.75 Å². The molecule has 2 aromatic rings. The number of rotatable bonds is 6. The largest absolute Gasteiger partial charge is 0.494 e. The second-order valence-corrected chi connectivity index (χ2v) is 6.04. The van der Waals surface area contributed by atoms with Gasteiger partial charge in [0.15, 0.2) is 11.6 Å². The molecule has 112 valence electrons. The van der Waals surface area contributed by atoms with E-state index in [-0.39, 0.29) is 11.6 Å². The molecule has 0 bridgehead atoms. The van der Waals surface area contributed by atoms with E-state index in [0.29, 0.717) is 5.92 Å². The average Bonchev–Trinajstić information content (AvgIpc) is 2.49. The number of halogens is 3. The molecule has 0 spiro atoms. The summed E-state index contributed by atoms with van der Waals surface area (Å²) >= 11 is 9.74. The summed E-state index contributed by atoms with van der Waals surface area (Å²) in [5.41, 5.74) is 2.09. The molecule has 0 heterocycles. The number of methoxy groups -OCH3 is 1. The van der Waals surface area contributed by atoms with Crippen molar-refractivity contribution in [3.8, 4) is 5.75 Å². The molecule has 0 saturated heterocycles. The Morgan fingerprint density at radius 1 is 1.19 bits per heavy atom. The van der Waals surface area contributed by atoms with Crippen LogP contribution in [0.15, 0.2) is 42.5 Å². The third kappa shape index (κ3) is 4.45. The van der Waals surface area contributed by atoms with Crippen LogP contribution >= 0.6 is 27.5 Å². The van der Waals surface area contributed by atoms with Crippen LogP contribution in [0.4, 0.5) is 4.39 Å². The highest BCUT2D eigenvalue weighted by Gasteiger charge is 2.13. The first-order valence-corrected chi connectivity index (χ1v) is 8.25. The maximum atomic E-state index is 13.7. The lowest BCUT2D eigenvalue weighted by atomic mass is 9.94. The third-order valence-electron chi connectivity index (χ3n) is 3.43. The highest BCUT2D eigenvalue weighted by Crippen LogP contribution is 2.24. The quantitative estimate of drug-likeness (QED) is 0.627. The second-order valence-electron chi connectivity index (χ2n) is 4.99. The van der Waals surface area contributed by atoms with Crippen molar-refractivity contribution < 1.29 is 9.13 Å². The first kappa shape index (κ1) is 16.3. The molecule has 0 fully saturated rings. The topological polar surface area (TPSA) is 9.23 Å². The molecule has 0 radical (unpaired) electrons. The van der Waals surface area contributed by atoms with Gasteiger partial charge in [-0.1, -0.05) is 51.8 Å². The molecule has 2 aromatic carbocycles. The summed E-state index contributed by atoms with van der Waals surface area (Å²) in [5.74, 6) is 0.319. The van der Waals surface area contributed by atoms with Crippen LogP contribution in [-0.4, -0.2) is 12.4 Å². The zero-order chi connectivity index (χ0) is 15.2. The molecule has 0 amide bonds. The van der Waals surface area contributed by atoms with Crippen LogP contribution in [0.25, 0.3) is 0 Å². The summed E-state index contributed by atoms with van der Waals surface area (Å²) < 4.78 is 18.7. The van der Waals surface area contributed by atoms with E-state index < -0.39 is 0 Å². The van der Waals surface area contributed by atoms with Crippen LogP contribution in [-0.2, 0) is 12.8 Å². The van der Waals surface area contributed by atoms with E-state index in [4.69, 9.17) is 16.3 Å². The Labute approximate surface area is 138 Å². The normalized spacial score (nSPS) is 12.2. The van der Waals surface area contributed by atoms with Crippen LogP contribution in [0.3, 0.4) is 0 Å². The van der Waals surface area contributed by atoms with Crippen molar-refractivity contribution in [3.05, 3.63) is 64.4 Å². The van der Waals surface area contributed by atoms with Gasteiger partial charge in [-0.2, -0.15) is 0 Å². The van der Waals surface area contributed by atoms with Gasteiger partial charge in [-0.25, -0.2) is 4.39 Å². The smallest absolute Gasteiger partial charge is 0.165 e. The van der Waals surface area contributed by atoms with Crippen molar-refractivity contribution in [1.29, 1.82) is 0 Å². The molecule has 0 aliphatic carbocycles. The van der Waals surface area contributed by atoms with E-state index >= 15 is 0 Å². The van der Waals surface area contributed by atoms with E-state index in [1.807, 2.05) is 30.3 Å². The van der Waals surface area contributed by atoms with Gasteiger partial charge in [0, 0.05) is 10.4 Å². The van der Waals surface area contributed by atoms with Crippen molar-refractivity contribution in [3.63, 3.8) is 0 Å². The molecular weight excluding hydrogens is 355 g/mol. The van der Waals surface area contributed by atoms with Gasteiger partial charge in [0.1, 0.15) is 0 Å². The number of benzene rings is 2. The summed E-state index contributed by atoms with van der Waals surface area (Å²) in [4.78, 5) is 0. The van der Waals surface area contributed by atoms with Crippen molar-refractivity contribution in [2.24, 2.45) is 5.92 Å². The monoisotopic (exact) mass is 370 g/mol. The van der Waals surface area contributed by atoms with Crippen LogP contribution in [0.2, 0.25) is 5.02 Å². The van der Waals surface area contributed by atoms with Gasteiger partial charge >= 0.3 is 0 Å². The first-order chi connectivity index (χ1) is 10.1. The Bertz CT molecular complexity index is 603. The van der Waals surface area contributed by atoms with Gasteiger partial charge in [0.05, 0.1) is 7.11 Å². The van der Waals surface area contributed by atoms with Gasteiger partial charge in [-0.3, -0.25) is 0 Å². The molecule has 1 nitrogen and oxygen atoms in total. The Morgan fingerprint density at radius 3 is 2.57 bits per heavy atom. The third-order valence-corrected chi connectivity index (χ3v) is 4.71. The highest BCUT2D eigenvalue weighted by molar-refractivity contribution is 9.09. The van der Waals surface area contributed by atoms with Gasteiger partial charge in [0.2, 0.25) is 0 Å². The van der Waals surface area contributed by atoms with E-state index in [0.717, 1.165) is 34.3 Å². The van der Waals surface area contributed by atoms with E-state index in [2.05, 4.69) is 15.9 Å². The molecule has 1 unspecified atom stereocenters. The maximum Gasteiger partial charge on any atom is 0.165 e. The molecule has 0 aromatic heterocycles. The summed E-state index contributed by atoms with van der Waals surface area (Å²) in [6, 6.07) is 13.0. The minimum atomic E-state index is -0.318. The van der Waals surface area contributed by atoms with Crippen LogP contribution < -0.4 is 4.74 Å². The predicted octanol–water partition coefficient (Wildman–Crippen LogP) is 5.28. The molecule has 1 atom stereocenters. The molecule has 4 heteroatoms. The lowest BCUT2D eigenvalue weighted by molar-refractivity contribution is 0.386.